The van der Waals surface area contributed by atoms with Gasteiger partial charge in [0.1, 0.15) is 5.82 Å². The van der Waals surface area contributed by atoms with E-state index in [2.05, 4.69) is 9.97 Å². The molecule has 0 radical (unpaired) electrons. The van der Waals surface area contributed by atoms with Crippen LogP contribution in [0.25, 0.3) is 0 Å². The van der Waals surface area contributed by atoms with Crippen LogP contribution in [-0.4, -0.2) is 21.0 Å². The van der Waals surface area contributed by atoms with Crippen LogP contribution >= 0.6 is 0 Å². The Morgan fingerprint density at radius 2 is 2.06 bits per heavy atom. The normalized spacial score (nSPS) is 24.8. The standard InChI is InChI=1S/C13H18N2O2/c16-13(17)9-5-6-10-11(7-9)15-12(14-10)8-3-1-2-4-8/h8-9H,1-7H2,(H,14,15)(H,16,17). The molecule has 0 aromatic carbocycles. The van der Waals surface area contributed by atoms with Crippen molar-refractivity contribution >= 4 is 5.97 Å². The highest BCUT2D eigenvalue weighted by Gasteiger charge is 2.28. The molecule has 1 unspecified atom stereocenters. The lowest BCUT2D eigenvalue weighted by molar-refractivity contribution is -0.142. The van der Waals surface area contributed by atoms with Crippen LogP contribution in [0.5, 0.6) is 0 Å². The summed E-state index contributed by atoms with van der Waals surface area (Å²) in [6.45, 7) is 0. The maximum absolute atomic E-state index is 11.0. The van der Waals surface area contributed by atoms with Crippen molar-refractivity contribution in [1.29, 1.82) is 0 Å². The lowest BCUT2D eigenvalue weighted by Crippen LogP contribution is -2.22. The maximum atomic E-state index is 11.0. The Bertz CT molecular complexity index is 433. The lowest BCUT2D eigenvalue weighted by atomic mass is 9.90. The number of aryl methyl sites for hydroxylation is 1. The number of aromatic nitrogens is 2. The smallest absolute Gasteiger partial charge is 0.306 e. The van der Waals surface area contributed by atoms with Gasteiger partial charge < -0.3 is 10.1 Å². The van der Waals surface area contributed by atoms with E-state index in [1.54, 1.807) is 0 Å². The van der Waals surface area contributed by atoms with Crippen LogP contribution < -0.4 is 0 Å². The third-order valence-corrected chi connectivity index (χ3v) is 4.15. The summed E-state index contributed by atoms with van der Waals surface area (Å²) >= 11 is 0. The molecule has 1 aromatic rings. The van der Waals surface area contributed by atoms with Gasteiger partial charge in [-0.3, -0.25) is 4.79 Å². The van der Waals surface area contributed by atoms with Crippen molar-refractivity contribution in [2.45, 2.75) is 50.9 Å². The van der Waals surface area contributed by atoms with Crippen molar-refractivity contribution in [2.75, 3.05) is 0 Å². The molecule has 0 saturated heterocycles. The van der Waals surface area contributed by atoms with Gasteiger partial charge in [0.05, 0.1) is 11.6 Å². The second-order valence-corrected chi connectivity index (χ2v) is 5.31. The van der Waals surface area contributed by atoms with E-state index in [9.17, 15) is 4.79 Å². The molecule has 0 spiro atoms. The number of aromatic amines is 1. The summed E-state index contributed by atoms with van der Waals surface area (Å²) in [5.41, 5.74) is 2.19. The largest absolute Gasteiger partial charge is 0.481 e. The highest BCUT2D eigenvalue weighted by molar-refractivity contribution is 5.70. The van der Waals surface area contributed by atoms with E-state index in [1.165, 1.54) is 25.7 Å². The monoisotopic (exact) mass is 234 g/mol. The van der Waals surface area contributed by atoms with E-state index < -0.39 is 5.97 Å². The molecular weight excluding hydrogens is 216 g/mol. The number of rotatable bonds is 2. The van der Waals surface area contributed by atoms with Crippen LogP contribution in [0.4, 0.5) is 0 Å². The summed E-state index contributed by atoms with van der Waals surface area (Å²) in [7, 11) is 0. The number of H-pyrrole nitrogens is 1. The quantitative estimate of drug-likeness (QED) is 0.824. The van der Waals surface area contributed by atoms with Gasteiger partial charge in [-0.15, -0.1) is 0 Å². The third-order valence-electron chi connectivity index (χ3n) is 4.15. The molecule has 17 heavy (non-hydrogen) atoms. The summed E-state index contributed by atoms with van der Waals surface area (Å²) < 4.78 is 0. The Labute approximate surface area is 100 Å². The zero-order valence-corrected chi connectivity index (χ0v) is 9.91. The van der Waals surface area contributed by atoms with Gasteiger partial charge in [0.15, 0.2) is 0 Å². The molecular formula is C13H18N2O2. The van der Waals surface area contributed by atoms with E-state index in [0.29, 0.717) is 12.3 Å². The minimum atomic E-state index is -0.673. The van der Waals surface area contributed by atoms with Gasteiger partial charge in [0.25, 0.3) is 0 Å². The maximum Gasteiger partial charge on any atom is 0.306 e. The molecule has 0 amide bonds. The molecule has 1 saturated carbocycles. The van der Waals surface area contributed by atoms with Gasteiger partial charge in [-0.25, -0.2) is 4.98 Å². The van der Waals surface area contributed by atoms with Crippen LogP contribution in [0.15, 0.2) is 0 Å². The topological polar surface area (TPSA) is 66.0 Å². The molecule has 4 heteroatoms. The average molecular weight is 234 g/mol. The Morgan fingerprint density at radius 1 is 1.29 bits per heavy atom. The van der Waals surface area contributed by atoms with E-state index in [0.717, 1.165) is 30.1 Å². The number of carboxylic acids is 1. The molecule has 0 aliphatic heterocycles. The van der Waals surface area contributed by atoms with Crippen molar-refractivity contribution in [3.63, 3.8) is 0 Å². The molecule has 1 aromatic heterocycles. The first-order valence-electron chi connectivity index (χ1n) is 6.54. The van der Waals surface area contributed by atoms with Gasteiger partial charge in [-0.05, 0) is 25.7 Å². The molecule has 4 nitrogen and oxygen atoms in total. The number of carbonyl (C=O) groups is 1. The number of hydrogen-bond donors (Lipinski definition) is 2. The summed E-state index contributed by atoms with van der Waals surface area (Å²) in [4.78, 5) is 19.1. The van der Waals surface area contributed by atoms with Gasteiger partial charge >= 0.3 is 5.97 Å². The zero-order valence-electron chi connectivity index (χ0n) is 9.91. The Kier molecular flexibility index (Phi) is 2.65. The van der Waals surface area contributed by atoms with Gasteiger partial charge in [0, 0.05) is 18.0 Å². The fourth-order valence-corrected chi connectivity index (χ4v) is 3.11. The SMILES string of the molecule is O=C(O)C1CCc2nc(C3CCCC3)[nH]c2C1. The molecule has 2 aliphatic rings. The first kappa shape index (κ1) is 10.8. The molecule has 1 atom stereocenters. The minimum absolute atomic E-state index is 0.223. The molecule has 0 bridgehead atoms. The number of hydrogen-bond acceptors (Lipinski definition) is 2. The Morgan fingerprint density at radius 3 is 2.76 bits per heavy atom. The fourth-order valence-electron chi connectivity index (χ4n) is 3.11. The predicted molar refractivity (Wildman–Crippen MR) is 62.9 cm³/mol. The van der Waals surface area contributed by atoms with E-state index >= 15 is 0 Å². The van der Waals surface area contributed by atoms with Gasteiger partial charge in [0.2, 0.25) is 0 Å². The van der Waals surface area contributed by atoms with Crippen molar-refractivity contribution in [3.8, 4) is 0 Å². The van der Waals surface area contributed by atoms with Crippen molar-refractivity contribution < 1.29 is 9.90 Å². The number of nitrogens with zero attached hydrogens (tertiary/aromatic N) is 1. The number of nitrogens with one attached hydrogen (secondary N) is 1. The van der Waals surface area contributed by atoms with Crippen molar-refractivity contribution in [1.82, 2.24) is 9.97 Å². The van der Waals surface area contributed by atoms with Crippen LogP contribution in [0.1, 0.15) is 55.2 Å². The number of imidazole rings is 1. The molecule has 92 valence electrons. The molecule has 2 N–H and O–H groups in total. The second-order valence-electron chi connectivity index (χ2n) is 5.31. The zero-order chi connectivity index (χ0) is 11.8. The third kappa shape index (κ3) is 1.96. The van der Waals surface area contributed by atoms with Crippen LogP contribution in [0, 0.1) is 5.92 Å². The number of carboxylic acid groups (broad SMARTS) is 1. The Hall–Kier alpha value is -1.32. The number of fused-ring (bicyclic) bond motifs is 1. The Balaban J connectivity index is 1.81. The molecule has 1 fully saturated rings. The fraction of sp³-hybridized carbons (Fsp3) is 0.692. The van der Waals surface area contributed by atoms with E-state index in [1.807, 2.05) is 0 Å². The summed E-state index contributed by atoms with van der Waals surface area (Å²) in [6, 6.07) is 0. The number of aliphatic carboxylic acids is 1. The molecule has 3 rings (SSSR count). The summed E-state index contributed by atoms with van der Waals surface area (Å²) in [5, 5.41) is 9.05. The molecule has 1 heterocycles. The van der Waals surface area contributed by atoms with Crippen molar-refractivity contribution in [3.05, 3.63) is 17.2 Å². The van der Waals surface area contributed by atoms with E-state index in [4.69, 9.17) is 5.11 Å². The van der Waals surface area contributed by atoms with Crippen LogP contribution in [-0.2, 0) is 17.6 Å². The second kappa shape index (κ2) is 4.17. The lowest BCUT2D eigenvalue weighted by Gasteiger charge is -2.16. The molecule has 2 aliphatic carbocycles. The predicted octanol–water partition coefficient (Wildman–Crippen LogP) is 2.26. The first-order valence-corrected chi connectivity index (χ1v) is 6.54. The van der Waals surface area contributed by atoms with Crippen LogP contribution in [0.2, 0.25) is 0 Å². The highest BCUT2D eigenvalue weighted by Crippen LogP contribution is 2.34. The van der Waals surface area contributed by atoms with Gasteiger partial charge in [-0.1, -0.05) is 12.8 Å². The minimum Gasteiger partial charge on any atom is -0.481 e. The average Bonchev–Trinajstić information content (AvgIpc) is 2.96. The summed E-state index contributed by atoms with van der Waals surface area (Å²) in [6.07, 6.45) is 7.24. The van der Waals surface area contributed by atoms with Crippen LogP contribution in [0.3, 0.4) is 0 Å². The summed E-state index contributed by atoms with van der Waals surface area (Å²) in [5.74, 6) is 0.800. The highest BCUT2D eigenvalue weighted by atomic mass is 16.4. The first-order chi connectivity index (χ1) is 8.24. The van der Waals surface area contributed by atoms with E-state index in [-0.39, 0.29) is 5.92 Å². The van der Waals surface area contributed by atoms with Crippen molar-refractivity contribution in [2.24, 2.45) is 5.92 Å². The van der Waals surface area contributed by atoms with Gasteiger partial charge in [-0.2, -0.15) is 0 Å².